The van der Waals surface area contributed by atoms with Gasteiger partial charge in [0.1, 0.15) is 11.4 Å². The molecule has 0 saturated heterocycles. The Hall–Kier alpha value is -5.14. The second-order valence-corrected chi connectivity index (χ2v) is 10.1. The van der Waals surface area contributed by atoms with E-state index in [1.54, 1.807) is 49.0 Å². The molecule has 0 aliphatic heterocycles. The average molecular weight is 546 g/mol. The van der Waals surface area contributed by atoms with E-state index >= 15 is 0 Å². The Labute approximate surface area is 233 Å². The molecule has 2 aromatic carbocycles. The number of aromatic nitrogens is 6. The van der Waals surface area contributed by atoms with Crippen LogP contribution in [0.4, 0.5) is 0 Å². The van der Waals surface area contributed by atoms with Gasteiger partial charge in [-0.2, -0.15) is 5.10 Å². The molecule has 1 amide bonds. The number of thiazole rings is 1. The molecule has 0 aliphatic carbocycles. The van der Waals surface area contributed by atoms with Crippen molar-refractivity contribution in [3.05, 3.63) is 116 Å². The number of hydrogen-bond acceptors (Lipinski definition) is 7. The minimum Gasteiger partial charge on any atom is -0.342 e. The van der Waals surface area contributed by atoms with Crippen molar-refractivity contribution in [2.75, 3.05) is 0 Å². The molecule has 0 aliphatic rings. The summed E-state index contributed by atoms with van der Waals surface area (Å²) < 4.78 is 3.10. The summed E-state index contributed by atoms with van der Waals surface area (Å²) in [5.74, 6) is 6.22. The van der Waals surface area contributed by atoms with Gasteiger partial charge in [0.05, 0.1) is 28.3 Å². The van der Waals surface area contributed by atoms with E-state index in [9.17, 15) is 9.59 Å². The van der Waals surface area contributed by atoms with Crippen LogP contribution >= 0.6 is 11.3 Å². The van der Waals surface area contributed by atoms with Gasteiger partial charge in [-0.1, -0.05) is 30.2 Å². The predicted molar refractivity (Wildman–Crippen MR) is 154 cm³/mol. The van der Waals surface area contributed by atoms with Crippen LogP contribution in [-0.2, 0) is 0 Å². The summed E-state index contributed by atoms with van der Waals surface area (Å²) in [5.41, 5.74) is 3.68. The van der Waals surface area contributed by atoms with E-state index in [1.807, 2.05) is 48.7 Å². The highest BCUT2D eigenvalue weighted by molar-refractivity contribution is 7.10. The van der Waals surface area contributed by atoms with Crippen LogP contribution < -0.4 is 10.9 Å². The fourth-order valence-electron chi connectivity index (χ4n) is 4.60. The highest BCUT2D eigenvalue weighted by Gasteiger charge is 2.24. The second-order valence-electron chi connectivity index (χ2n) is 9.23. The molecule has 0 bridgehead atoms. The maximum absolute atomic E-state index is 14.1. The van der Waals surface area contributed by atoms with E-state index < -0.39 is 6.04 Å². The number of rotatable bonds is 4. The molecule has 0 spiro atoms. The molecule has 0 radical (unpaired) electrons. The Morgan fingerprint density at radius 2 is 1.85 bits per heavy atom. The zero-order valence-electron chi connectivity index (χ0n) is 21.9. The summed E-state index contributed by atoms with van der Waals surface area (Å²) in [6.07, 6.45) is 3.36. The van der Waals surface area contributed by atoms with Gasteiger partial charge in [0.2, 0.25) is 0 Å². The first-order valence-corrected chi connectivity index (χ1v) is 13.4. The number of nitrogens with zero attached hydrogens (tertiary/aromatic N) is 6. The largest absolute Gasteiger partial charge is 0.342 e. The maximum atomic E-state index is 14.1. The van der Waals surface area contributed by atoms with Crippen molar-refractivity contribution in [1.29, 1.82) is 0 Å². The van der Waals surface area contributed by atoms with E-state index in [0.717, 1.165) is 5.69 Å². The van der Waals surface area contributed by atoms with Gasteiger partial charge in [0.15, 0.2) is 10.7 Å². The van der Waals surface area contributed by atoms with Gasteiger partial charge in [-0.3, -0.25) is 14.2 Å². The Balaban J connectivity index is 1.48. The first-order chi connectivity index (χ1) is 19.4. The minimum atomic E-state index is -0.629. The van der Waals surface area contributed by atoms with Crippen LogP contribution in [0.2, 0.25) is 0 Å². The number of hydrogen-bond donors (Lipinski definition) is 1. The molecule has 4 aromatic heterocycles. The van der Waals surface area contributed by atoms with Gasteiger partial charge >= 0.3 is 0 Å². The van der Waals surface area contributed by atoms with Crippen LogP contribution in [0.15, 0.2) is 77.2 Å². The Morgan fingerprint density at radius 3 is 2.62 bits per heavy atom. The Bertz CT molecular complexity index is 2030. The summed E-state index contributed by atoms with van der Waals surface area (Å²) in [6, 6.07) is 15.8. The molecule has 0 fully saturated rings. The van der Waals surface area contributed by atoms with Crippen LogP contribution in [0.1, 0.15) is 51.1 Å². The zero-order chi connectivity index (χ0) is 27.8. The molecule has 196 valence electrons. The smallest absolute Gasteiger partial charge is 0.267 e. The number of nitrogens with one attached hydrogen (secondary N) is 1. The lowest BCUT2D eigenvalue weighted by Crippen LogP contribution is -2.33. The summed E-state index contributed by atoms with van der Waals surface area (Å²) in [4.78, 5) is 41.2. The van der Waals surface area contributed by atoms with Gasteiger partial charge in [0, 0.05) is 29.0 Å². The number of benzene rings is 2. The first-order valence-electron chi connectivity index (χ1n) is 12.6. The summed E-state index contributed by atoms with van der Waals surface area (Å²) in [6.45, 7) is 5.48. The van der Waals surface area contributed by atoms with Gasteiger partial charge in [-0.25, -0.2) is 19.5 Å². The van der Waals surface area contributed by atoms with Crippen LogP contribution in [0.3, 0.4) is 0 Å². The van der Waals surface area contributed by atoms with E-state index in [-0.39, 0.29) is 11.5 Å². The Kier molecular flexibility index (Phi) is 6.42. The normalized spacial score (nSPS) is 11.8. The SMILES string of the molecule is Cc1csc(C#Cc2cccc3nc([C@@H](C)NC(=O)c4c(C)nn5cccnc45)n(-c4ccccc4)c(=O)c23)n1. The van der Waals surface area contributed by atoms with Crippen LogP contribution in [0.5, 0.6) is 0 Å². The molecule has 1 atom stereocenters. The molecular weight excluding hydrogens is 522 g/mol. The van der Waals surface area contributed by atoms with E-state index in [2.05, 4.69) is 32.2 Å². The van der Waals surface area contributed by atoms with Crippen molar-refractivity contribution < 1.29 is 4.79 Å². The van der Waals surface area contributed by atoms with Crippen molar-refractivity contribution in [3.8, 4) is 17.5 Å². The van der Waals surface area contributed by atoms with E-state index in [1.165, 1.54) is 15.9 Å². The molecule has 0 unspecified atom stereocenters. The Morgan fingerprint density at radius 1 is 1.02 bits per heavy atom. The average Bonchev–Trinajstić information content (AvgIpc) is 3.53. The predicted octanol–water partition coefficient (Wildman–Crippen LogP) is 4.39. The number of amides is 1. The fourth-order valence-corrected chi connectivity index (χ4v) is 5.24. The maximum Gasteiger partial charge on any atom is 0.267 e. The summed E-state index contributed by atoms with van der Waals surface area (Å²) in [5, 5.41) is 10.4. The summed E-state index contributed by atoms with van der Waals surface area (Å²) in [7, 11) is 0. The molecular formula is C30H23N7O2S. The third kappa shape index (κ3) is 4.52. The minimum absolute atomic E-state index is 0.277. The lowest BCUT2D eigenvalue weighted by molar-refractivity contribution is 0.0938. The zero-order valence-corrected chi connectivity index (χ0v) is 22.7. The van der Waals surface area contributed by atoms with Gasteiger partial charge in [-0.05, 0) is 57.0 Å². The van der Waals surface area contributed by atoms with E-state index in [0.29, 0.717) is 49.9 Å². The summed E-state index contributed by atoms with van der Waals surface area (Å²) >= 11 is 1.46. The van der Waals surface area contributed by atoms with Crippen molar-refractivity contribution in [1.82, 2.24) is 34.4 Å². The number of carbonyl (C=O) groups excluding carboxylic acids is 1. The molecule has 6 aromatic rings. The number of para-hydroxylation sites is 1. The van der Waals surface area contributed by atoms with Gasteiger partial charge in [0.25, 0.3) is 11.5 Å². The van der Waals surface area contributed by atoms with Crippen molar-refractivity contribution in [2.24, 2.45) is 0 Å². The lowest BCUT2D eigenvalue weighted by atomic mass is 10.1. The molecule has 9 nitrogen and oxygen atoms in total. The number of aryl methyl sites for hydroxylation is 2. The van der Waals surface area contributed by atoms with Crippen molar-refractivity contribution in [3.63, 3.8) is 0 Å². The third-order valence-corrected chi connectivity index (χ3v) is 7.27. The molecule has 10 heteroatoms. The quantitative estimate of drug-likeness (QED) is 0.329. The highest BCUT2D eigenvalue weighted by atomic mass is 32.1. The molecule has 0 saturated carbocycles. The van der Waals surface area contributed by atoms with Crippen LogP contribution in [0, 0.1) is 25.7 Å². The molecule has 4 heterocycles. The standard InChI is InChI=1S/C30H23N7O2S/c1-18-17-40-24(32-18)14-13-21-9-7-12-23-26(21)30(39)37(22-10-5-4-6-11-22)27(34-23)20(3)33-29(38)25-19(2)35-36-16-8-15-31-28(25)36/h4-12,15-17,20H,1-3H3,(H,33,38)/t20-/m1/s1. The van der Waals surface area contributed by atoms with Crippen LogP contribution in [-0.4, -0.2) is 35.0 Å². The topological polar surface area (TPSA) is 107 Å². The number of carbonyl (C=O) groups is 1. The van der Waals surface area contributed by atoms with Gasteiger partial charge < -0.3 is 5.32 Å². The monoisotopic (exact) mass is 545 g/mol. The molecule has 40 heavy (non-hydrogen) atoms. The first kappa shape index (κ1) is 25.2. The number of fused-ring (bicyclic) bond motifs is 2. The van der Waals surface area contributed by atoms with Crippen molar-refractivity contribution in [2.45, 2.75) is 26.8 Å². The fraction of sp³-hybridized carbons (Fsp3) is 0.133. The van der Waals surface area contributed by atoms with E-state index in [4.69, 9.17) is 4.98 Å². The van der Waals surface area contributed by atoms with Crippen LogP contribution in [0.25, 0.3) is 22.2 Å². The molecule has 1 N–H and O–H groups in total. The van der Waals surface area contributed by atoms with Crippen molar-refractivity contribution >= 4 is 33.8 Å². The second kappa shape index (κ2) is 10.2. The highest BCUT2D eigenvalue weighted by Crippen LogP contribution is 2.22. The third-order valence-electron chi connectivity index (χ3n) is 6.39. The lowest BCUT2D eigenvalue weighted by Gasteiger charge is -2.20. The molecule has 6 rings (SSSR count). The van der Waals surface area contributed by atoms with Gasteiger partial charge in [-0.15, -0.1) is 11.3 Å².